The topological polar surface area (TPSA) is 190 Å². The maximum atomic E-state index is 13.2. The monoisotopic (exact) mass is 591 g/mol. The van der Waals surface area contributed by atoms with Crippen molar-refractivity contribution in [2.45, 2.75) is 56.7 Å². The van der Waals surface area contributed by atoms with E-state index >= 15 is 0 Å². The third-order valence-corrected chi connectivity index (χ3v) is 6.00. The van der Waals surface area contributed by atoms with Gasteiger partial charge < -0.3 is 32.5 Å². The van der Waals surface area contributed by atoms with Crippen LogP contribution < -0.4 is 17.2 Å². The molecule has 0 amide bonds. The van der Waals surface area contributed by atoms with Crippen LogP contribution in [-0.2, 0) is 33.6 Å². The Hall–Kier alpha value is -4.26. The average molecular weight is 592 g/mol. The minimum Gasteiger partial charge on any atom is -0.480 e. The van der Waals surface area contributed by atoms with Crippen molar-refractivity contribution in [1.29, 1.82) is 0 Å². The maximum Gasteiger partial charge on any atom is 0.323 e. The molecule has 42 heavy (non-hydrogen) atoms. The summed E-state index contributed by atoms with van der Waals surface area (Å²) in [5.74, 6) is -5.41. The quantitative estimate of drug-likeness (QED) is 0.216. The molecule has 3 aromatic rings. The van der Waals surface area contributed by atoms with Crippen molar-refractivity contribution >= 4 is 17.9 Å². The van der Waals surface area contributed by atoms with Crippen molar-refractivity contribution in [2.75, 3.05) is 0 Å². The van der Waals surface area contributed by atoms with E-state index in [1.165, 1.54) is 39.0 Å². The van der Waals surface area contributed by atoms with Crippen LogP contribution in [0.3, 0.4) is 0 Å². The summed E-state index contributed by atoms with van der Waals surface area (Å²) in [5.41, 5.74) is 13.2. The molecule has 0 aliphatic heterocycles. The molecule has 0 saturated heterocycles. The van der Waals surface area contributed by atoms with Gasteiger partial charge in [0.15, 0.2) is 0 Å². The van der Waals surface area contributed by atoms with Crippen LogP contribution in [0.2, 0.25) is 0 Å². The van der Waals surface area contributed by atoms with Crippen LogP contribution in [-0.4, -0.2) is 49.8 Å². The second-order valence-electron chi connectivity index (χ2n) is 10.5. The van der Waals surface area contributed by atoms with Gasteiger partial charge in [0.1, 0.15) is 34.1 Å². The van der Waals surface area contributed by atoms with Crippen LogP contribution in [0.15, 0.2) is 72.8 Å². The van der Waals surface area contributed by atoms with E-state index < -0.39 is 52.0 Å². The second kappa shape index (κ2) is 15.1. The SMILES string of the molecule is CC(N)(Cc1c(F)cccc1F)C(=O)O.CC(N)(Cc1ccccc1)C(=O)O.CC(N)(Cc1ccccc1F)C(=O)O. The van der Waals surface area contributed by atoms with E-state index in [1.54, 1.807) is 12.1 Å². The van der Waals surface area contributed by atoms with E-state index in [2.05, 4.69) is 0 Å². The van der Waals surface area contributed by atoms with Gasteiger partial charge in [-0.2, -0.15) is 0 Å². The molecular weight excluding hydrogens is 555 g/mol. The molecule has 0 spiro atoms. The summed E-state index contributed by atoms with van der Waals surface area (Å²) >= 11 is 0. The van der Waals surface area contributed by atoms with Crippen LogP contribution in [0.4, 0.5) is 13.2 Å². The second-order valence-corrected chi connectivity index (χ2v) is 10.5. The molecule has 3 aromatic carbocycles. The number of nitrogens with two attached hydrogens (primary N) is 3. The number of carbonyl (C=O) groups is 3. The normalized spacial score (nSPS) is 14.8. The first-order valence-electron chi connectivity index (χ1n) is 12.6. The highest BCUT2D eigenvalue weighted by Crippen LogP contribution is 2.18. The molecule has 0 saturated carbocycles. The molecule has 12 heteroatoms. The number of hydrogen-bond acceptors (Lipinski definition) is 6. The summed E-state index contributed by atoms with van der Waals surface area (Å²) in [6, 6.07) is 18.7. The van der Waals surface area contributed by atoms with Crippen LogP contribution in [0.25, 0.3) is 0 Å². The lowest BCUT2D eigenvalue weighted by Crippen LogP contribution is -2.47. The fourth-order valence-electron chi connectivity index (χ4n) is 3.35. The largest absolute Gasteiger partial charge is 0.480 e. The Labute approximate surface area is 241 Å². The molecule has 0 radical (unpaired) electrons. The lowest BCUT2D eigenvalue weighted by atomic mass is 9.93. The van der Waals surface area contributed by atoms with Crippen molar-refractivity contribution in [3.63, 3.8) is 0 Å². The molecule has 3 unspecified atom stereocenters. The van der Waals surface area contributed by atoms with E-state index in [4.69, 9.17) is 32.5 Å². The first-order chi connectivity index (χ1) is 19.3. The number of rotatable bonds is 9. The van der Waals surface area contributed by atoms with E-state index in [0.717, 1.165) is 17.7 Å². The molecule has 9 nitrogen and oxygen atoms in total. The third kappa shape index (κ3) is 11.3. The molecule has 0 fully saturated rings. The molecular formula is C30H36F3N3O6. The van der Waals surface area contributed by atoms with Crippen molar-refractivity contribution in [1.82, 2.24) is 0 Å². The molecule has 0 heterocycles. The number of carboxylic acid groups (broad SMARTS) is 3. The summed E-state index contributed by atoms with van der Waals surface area (Å²) in [6.45, 7) is 4.09. The van der Waals surface area contributed by atoms with E-state index in [9.17, 15) is 27.6 Å². The van der Waals surface area contributed by atoms with Gasteiger partial charge in [-0.3, -0.25) is 14.4 Å². The summed E-state index contributed by atoms with van der Waals surface area (Å²) < 4.78 is 39.4. The van der Waals surface area contributed by atoms with Crippen molar-refractivity contribution < 1.29 is 42.9 Å². The zero-order chi connectivity index (χ0) is 32.3. The van der Waals surface area contributed by atoms with Crippen molar-refractivity contribution in [3.8, 4) is 0 Å². The molecule has 0 aliphatic rings. The molecule has 0 aromatic heterocycles. The summed E-state index contributed by atoms with van der Waals surface area (Å²) in [4.78, 5) is 32.1. The Morgan fingerprint density at radius 3 is 1.40 bits per heavy atom. The lowest BCUT2D eigenvalue weighted by Gasteiger charge is -2.19. The minimum absolute atomic E-state index is 0.0188. The first-order valence-corrected chi connectivity index (χ1v) is 12.6. The summed E-state index contributed by atoms with van der Waals surface area (Å²) in [5, 5.41) is 26.2. The van der Waals surface area contributed by atoms with E-state index in [0.29, 0.717) is 12.0 Å². The summed E-state index contributed by atoms with van der Waals surface area (Å²) in [6.07, 6.45) is -0.0565. The smallest absolute Gasteiger partial charge is 0.323 e. The Kier molecular flexibility index (Phi) is 12.9. The Morgan fingerprint density at radius 2 is 0.952 bits per heavy atom. The number of halogens is 3. The van der Waals surface area contributed by atoms with Gasteiger partial charge in [0.25, 0.3) is 0 Å². The molecule has 3 atom stereocenters. The van der Waals surface area contributed by atoms with Crippen LogP contribution in [0.1, 0.15) is 37.5 Å². The van der Waals surface area contributed by atoms with Crippen LogP contribution in [0, 0.1) is 17.5 Å². The predicted molar refractivity (Wildman–Crippen MR) is 151 cm³/mol. The van der Waals surface area contributed by atoms with Gasteiger partial charge in [0, 0.05) is 24.8 Å². The Balaban J connectivity index is 0.000000316. The number of benzene rings is 3. The molecule has 0 aliphatic carbocycles. The minimum atomic E-state index is -1.68. The highest BCUT2D eigenvalue weighted by molar-refractivity contribution is 5.79. The molecule has 9 N–H and O–H groups in total. The fourth-order valence-corrected chi connectivity index (χ4v) is 3.35. The van der Waals surface area contributed by atoms with Crippen LogP contribution >= 0.6 is 0 Å². The first kappa shape index (κ1) is 35.8. The van der Waals surface area contributed by atoms with Gasteiger partial charge in [-0.25, -0.2) is 13.2 Å². The standard InChI is InChI=1S/C10H11F2NO2.C10H12FNO2.C10H13NO2/c1-10(13,9(14)15)5-6-7(11)3-2-4-8(6)12;1-10(12,9(13)14)6-7-4-2-3-5-8(7)11;1-10(11,9(12)13)7-8-5-3-2-4-6-8/h2-4H,5,13H2,1H3,(H,14,15);2-5H,6,12H2,1H3,(H,13,14);2-6H,7,11H2,1H3,(H,12,13). The zero-order valence-corrected chi connectivity index (χ0v) is 23.5. The Morgan fingerprint density at radius 1 is 0.571 bits per heavy atom. The average Bonchev–Trinajstić information content (AvgIpc) is 2.88. The van der Waals surface area contributed by atoms with E-state index in [1.807, 2.05) is 30.3 Å². The van der Waals surface area contributed by atoms with Crippen molar-refractivity contribution in [3.05, 3.63) is 107 Å². The van der Waals surface area contributed by atoms with Gasteiger partial charge in [-0.15, -0.1) is 0 Å². The van der Waals surface area contributed by atoms with Gasteiger partial charge >= 0.3 is 17.9 Å². The number of carboxylic acids is 3. The zero-order valence-electron chi connectivity index (χ0n) is 23.5. The molecule has 0 bridgehead atoms. The highest BCUT2D eigenvalue weighted by atomic mass is 19.1. The van der Waals surface area contributed by atoms with Crippen molar-refractivity contribution in [2.24, 2.45) is 17.2 Å². The van der Waals surface area contributed by atoms with Gasteiger partial charge in [0.2, 0.25) is 0 Å². The fraction of sp³-hybridized carbons (Fsp3) is 0.300. The number of aliphatic carboxylic acids is 3. The predicted octanol–water partition coefficient (Wildman–Crippen LogP) is 3.51. The van der Waals surface area contributed by atoms with Gasteiger partial charge in [0.05, 0.1) is 0 Å². The van der Waals surface area contributed by atoms with Gasteiger partial charge in [-0.1, -0.05) is 54.6 Å². The highest BCUT2D eigenvalue weighted by Gasteiger charge is 2.31. The summed E-state index contributed by atoms with van der Waals surface area (Å²) in [7, 11) is 0. The van der Waals surface area contributed by atoms with Gasteiger partial charge in [-0.05, 0) is 50.1 Å². The Bertz CT molecular complexity index is 1350. The number of hydrogen-bond donors (Lipinski definition) is 6. The molecule has 228 valence electrons. The third-order valence-electron chi connectivity index (χ3n) is 6.00. The lowest BCUT2D eigenvalue weighted by molar-refractivity contribution is -0.143. The molecule has 3 rings (SSSR count). The maximum absolute atomic E-state index is 13.2. The van der Waals surface area contributed by atoms with E-state index in [-0.39, 0.29) is 18.4 Å². The van der Waals surface area contributed by atoms with Crippen LogP contribution in [0.5, 0.6) is 0 Å².